The topological polar surface area (TPSA) is 78.4 Å². The number of nitrogens with zero attached hydrogens (tertiary/aromatic N) is 4. The van der Waals surface area contributed by atoms with Crippen LogP contribution in [0.3, 0.4) is 0 Å². The maximum absolute atomic E-state index is 12.3. The molecule has 1 aliphatic carbocycles. The summed E-state index contributed by atoms with van der Waals surface area (Å²) in [5.41, 5.74) is 0.664. The van der Waals surface area contributed by atoms with E-state index in [2.05, 4.69) is 20.4 Å². The van der Waals surface area contributed by atoms with Crippen molar-refractivity contribution >= 4 is 40.4 Å². The van der Waals surface area contributed by atoms with Gasteiger partial charge in [0.1, 0.15) is 5.01 Å². The third-order valence-corrected chi connectivity index (χ3v) is 5.89. The molecule has 2 aromatic rings. The first-order valence-corrected chi connectivity index (χ1v) is 10.2. The Labute approximate surface area is 166 Å². The highest BCUT2D eigenvalue weighted by molar-refractivity contribution is 7.13. The molecule has 0 atom stereocenters. The number of halogens is 1. The molecule has 2 fully saturated rings. The smallest absolute Gasteiger partial charge is 0.286 e. The van der Waals surface area contributed by atoms with E-state index in [1.807, 2.05) is 4.90 Å². The quantitative estimate of drug-likeness (QED) is 0.826. The van der Waals surface area contributed by atoms with E-state index in [4.69, 9.17) is 11.6 Å². The molecule has 27 heavy (non-hydrogen) atoms. The van der Waals surface area contributed by atoms with Crippen molar-refractivity contribution in [2.75, 3.05) is 31.5 Å². The third-order valence-electron chi connectivity index (χ3n) is 4.73. The number of amides is 2. The van der Waals surface area contributed by atoms with E-state index in [1.165, 1.54) is 11.3 Å². The van der Waals surface area contributed by atoms with Crippen LogP contribution in [0.1, 0.15) is 27.7 Å². The maximum Gasteiger partial charge on any atom is 0.286 e. The van der Waals surface area contributed by atoms with Crippen molar-refractivity contribution in [2.24, 2.45) is 5.92 Å². The third kappa shape index (κ3) is 4.63. The summed E-state index contributed by atoms with van der Waals surface area (Å²) < 4.78 is 0. The molecular formula is C18H20ClN5O2S. The standard InChI is InChI=1S/C18H20ClN5O2S/c19-13-3-5-14(6-4-13)20-16(25)17-22-21-15(27-17)11-23-7-9-24(10-8-23)18(26)12-1-2-12/h3-6,12H,1-2,7-11H2,(H,20,25). The van der Waals surface area contributed by atoms with Crippen LogP contribution in [0.2, 0.25) is 5.02 Å². The minimum absolute atomic E-state index is 0.277. The van der Waals surface area contributed by atoms with Gasteiger partial charge in [-0.1, -0.05) is 22.9 Å². The van der Waals surface area contributed by atoms with Crippen LogP contribution in [-0.2, 0) is 11.3 Å². The zero-order valence-electron chi connectivity index (χ0n) is 14.7. The average molecular weight is 406 g/mol. The first-order valence-electron chi connectivity index (χ1n) is 8.99. The minimum atomic E-state index is -0.277. The van der Waals surface area contributed by atoms with Gasteiger partial charge in [-0.15, -0.1) is 10.2 Å². The summed E-state index contributed by atoms with van der Waals surface area (Å²) in [7, 11) is 0. The molecule has 7 nitrogen and oxygen atoms in total. The molecule has 9 heteroatoms. The molecule has 1 saturated heterocycles. The summed E-state index contributed by atoms with van der Waals surface area (Å²) in [4.78, 5) is 28.6. The van der Waals surface area contributed by atoms with Crippen molar-refractivity contribution in [2.45, 2.75) is 19.4 Å². The Hall–Kier alpha value is -2.03. The number of anilines is 1. The summed E-state index contributed by atoms with van der Waals surface area (Å²) in [6.07, 6.45) is 2.09. The molecule has 2 amide bonds. The summed E-state index contributed by atoms with van der Waals surface area (Å²) in [5, 5.41) is 12.7. The Morgan fingerprint density at radius 1 is 1.11 bits per heavy atom. The lowest BCUT2D eigenvalue weighted by Gasteiger charge is -2.34. The summed E-state index contributed by atoms with van der Waals surface area (Å²) in [5.74, 6) is 0.314. The zero-order valence-corrected chi connectivity index (χ0v) is 16.3. The normalized spacial score (nSPS) is 17.7. The van der Waals surface area contributed by atoms with E-state index in [-0.39, 0.29) is 11.8 Å². The fourth-order valence-electron chi connectivity index (χ4n) is 3.03. The second kappa shape index (κ2) is 7.92. The van der Waals surface area contributed by atoms with Gasteiger partial charge in [0, 0.05) is 42.8 Å². The van der Waals surface area contributed by atoms with Crippen molar-refractivity contribution < 1.29 is 9.59 Å². The number of aromatic nitrogens is 2. The van der Waals surface area contributed by atoms with Gasteiger partial charge in [-0.3, -0.25) is 14.5 Å². The predicted octanol–water partition coefficient (Wildman–Crippen LogP) is 2.50. The first kappa shape index (κ1) is 18.3. The molecule has 2 aliphatic rings. The lowest BCUT2D eigenvalue weighted by Crippen LogP contribution is -2.48. The highest BCUT2D eigenvalue weighted by Crippen LogP contribution is 2.31. The largest absolute Gasteiger partial charge is 0.340 e. The lowest BCUT2D eigenvalue weighted by molar-refractivity contribution is -0.134. The molecule has 4 rings (SSSR count). The van der Waals surface area contributed by atoms with Gasteiger partial charge in [-0.25, -0.2) is 0 Å². The molecule has 1 N–H and O–H groups in total. The molecule has 1 saturated carbocycles. The Balaban J connectivity index is 1.28. The van der Waals surface area contributed by atoms with Gasteiger partial charge in [0.2, 0.25) is 10.9 Å². The highest BCUT2D eigenvalue weighted by Gasteiger charge is 2.34. The minimum Gasteiger partial charge on any atom is -0.340 e. The van der Waals surface area contributed by atoms with Crippen LogP contribution in [0.15, 0.2) is 24.3 Å². The van der Waals surface area contributed by atoms with Crippen LogP contribution < -0.4 is 5.32 Å². The zero-order chi connectivity index (χ0) is 18.8. The molecule has 2 heterocycles. The molecular weight excluding hydrogens is 386 g/mol. The molecule has 1 aromatic heterocycles. The molecule has 1 aliphatic heterocycles. The average Bonchev–Trinajstić information content (AvgIpc) is 3.43. The Kier molecular flexibility index (Phi) is 5.38. The number of rotatable bonds is 5. The second-order valence-electron chi connectivity index (χ2n) is 6.84. The van der Waals surface area contributed by atoms with Gasteiger partial charge in [-0.2, -0.15) is 0 Å². The Morgan fingerprint density at radius 3 is 2.48 bits per heavy atom. The molecule has 1 aromatic carbocycles. The number of carbonyl (C=O) groups excluding carboxylic acids is 2. The van der Waals surface area contributed by atoms with Crippen molar-refractivity contribution in [3.63, 3.8) is 0 Å². The Bertz CT molecular complexity index is 829. The molecule has 0 bridgehead atoms. The number of nitrogens with one attached hydrogen (secondary N) is 1. The highest BCUT2D eigenvalue weighted by atomic mass is 35.5. The number of carbonyl (C=O) groups is 2. The summed E-state index contributed by atoms with van der Waals surface area (Å²) in [6, 6.07) is 6.92. The second-order valence-corrected chi connectivity index (χ2v) is 8.34. The first-order chi connectivity index (χ1) is 13.1. The number of hydrogen-bond acceptors (Lipinski definition) is 6. The van der Waals surface area contributed by atoms with E-state index in [0.717, 1.165) is 44.0 Å². The van der Waals surface area contributed by atoms with Crippen LogP contribution in [0, 0.1) is 5.92 Å². The van der Waals surface area contributed by atoms with Gasteiger partial charge in [0.25, 0.3) is 5.91 Å². The van der Waals surface area contributed by atoms with Gasteiger partial charge in [0.15, 0.2) is 0 Å². The fourth-order valence-corrected chi connectivity index (χ4v) is 3.94. The molecule has 142 valence electrons. The van der Waals surface area contributed by atoms with Crippen molar-refractivity contribution in [3.8, 4) is 0 Å². The van der Waals surface area contributed by atoms with Gasteiger partial charge in [0.05, 0.1) is 6.54 Å². The van der Waals surface area contributed by atoms with Crippen molar-refractivity contribution in [1.29, 1.82) is 0 Å². The van der Waals surface area contributed by atoms with Gasteiger partial charge in [-0.05, 0) is 37.1 Å². The Morgan fingerprint density at radius 2 is 1.81 bits per heavy atom. The van der Waals surface area contributed by atoms with Crippen LogP contribution >= 0.6 is 22.9 Å². The van der Waals surface area contributed by atoms with E-state index >= 15 is 0 Å². The van der Waals surface area contributed by atoms with Crippen LogP contribution in [-0.4, -0.2) is 58.0 Å². The van der Waals surface area contributed by atoms with Crippen molar-refractivity contribution in [3.05, 3.63) is 39.3 Å². The number of benzene rings is 1. The van der Waals surface area contributed by atoms with Crippen LogP contribution in [0.5, 0.6) is 0 Å². The molecule has 0 spiro atoms. The van der Waals surface area contributed by atoms with Crippen molar-refractivity contribution in [1.82, 2.24) is 20.0 Å². The number of hydrogen-bond donors (Lipinski definition) is 1. The summed E-state index contributed by atoms with van der Waals surface area (Å²) in [6.45, 7) is 3.82. The van der Waals surface area contributed by atoms with Gasteiger partial charge < -0.3 is 10.2 Å². The van der Waals surface area contributed by atoms with E-state index in [0.29, 0.717) is 28.2 Å². The maximum atomic E-state index is 12.3. The monoisotopic (exact) mass is 405 g/mol. The SMILES string of the molecule is O=C(Nc1ccc(Cl)cc1)c1nnc(CN2CCN(C(=O)C3CC3)CC2)s1. The summed E-state index contributed by atoms with van der Waals surface area (Å²) >= 11 is 7.14. The predicted molar refractivity (Wildman–Crippen MR) is 104 cm³/mol. The van der Waals surface area contributed by atoms with Crippen LogP contribution in [0.25, 0.3) is 0 Å². The van der Waals surface area contributed by atoms with Crippen LogP contribution in [0.4, 0.5) is 5.69 Å². The van der Waals surface area contributed by atoms with E-state index < -0.39 is 0 Å². The van der Waals surface area contributed by atoms with Gasteiger partial charge >= 0.3 is 0 Å². The van der Waals surface area contributed by atoms with E-state index in [9.17, 15) is 9.59 Å². The van der Waals surface area contributed by atoms with E-state index in [1.54, 1.807) is 24.3 Å². The fraction of sp³-hybridized carbons (Fsp3) is 0.444. The lowest BCUT2D eigenvalue weighted by atomic mass is 10.2. The number of piperazine rings is 1. The molecule has 0 radical (unpaired) electrons. The molecule has 0 unspecified atom stereocenters.